The molecular weight excluding hydrogens is 1010 g/mol. The Bertz CT molecular complexity index is 2070. The van der Waals surface area contributed by atoms with Gasteiger partial charge >= 0.3 is 11.9 Å². The normalized spacial score (nSPS) is 14.2. The zero-order valence-electron chi connectivity index (χ0n) is 50.8. The van der Waals surface area contributed by atoms with Crippen molar-refractivity contribution >= 4 is 17.9 Å². The van der Waals surface area contributed by atoms with Gasteiger partial charge in [0, 0.05) is 12.8 Å². The van der Waals surface area contributed by atoms with Crippen LogP contribution in [-0.2, 0) is 33.3 Å². The van der Waals surface area contributed by atoms with E-state index >= 15 is 0 Å². The van der Waals surface area contributed by atoms with Crippen LogP contribution in [-0.4, -0.2) is 82.3 Å². The molecule has 0 aliphatic rings. The minimum atomic E-state index is -1.66. The molecule has 0 spiro atoms. The highest BCUT2D eigenvalue weighted by atomic mass is 16.7. The zero-order valence-corrected chi connectivity index (χ0v) is 50.8. The molecule has 0 fully saturated rings. The number of quaternary nitrogens is 1. The van der Waals surface area contributed by atoms with Gasteiger partial charge in [0.05, 0.1) is 40.3 Å². The number of carbonyl (C=O) groups excluding carboxylic acids is 3. The van der Waals surface area contributed by atoms with Gasteiger partial charge in [-0.25, -0.2) is 0 Å². The Balaban J connectivity index is 4.39. The van der Waals surface area contributed by atoms with Crippen molar-refractivity contribution in [2.75, 3.05) is 47.5 Å². The van der Waals surface area contributed by atoms with Crippen LogP contribution >= 0.6 is 0 Å². The summed E-state index contributed by atoms with van der Waals surface area (Å²) in [6.45, 7) is 4.35. The smallest absolute Gasteiger partial charge is 0.306 e. The third-order valence-corrected chi connectivity index (χ3v) is 11.5. The predicted molar refractivity (Wildman–Crippen MR) is 342 cm³/mol. The van der Waals surface area contributed by atoms with E-state index in [2.05, 4.69) is 214 Å². The largest absolute Gasteiger partial charge is 0.545 e. The Morgan fingerprint density at radius 3 is 0.975 bits per heavy atom. The number of nitrogens with zero attached hydrogens (tertiary/aromatic N) is 1. The number of allylic oxidation sites excluding steroid dienone is 34. The maximum Gasteiger partial charge on any atom is 0.306 e. The second-order valence-electron chi connectivity index (χ2n) is 20.2. The second kappa shape index (κ2) is 60.0. The summed E-state index contributed by atoms with van der Waals surface area (Å²) in [5.74, 6) is -2.46. The van der Waals surface area contributed by atoms with Crippen LogP contribution in [0.15, 0.2) is 207 Å². The fourth-order valence-electron chi connectivity index (χ4n) is 6.96. The molecule has 0 radical (unpaired) electrons. The number of carboxylic acid groups (broad SMARTS) is 1. The zero-order chi connectivity index (χ0) is 59.1. The standard InChI is InChI=1S/C72H107NO8/c1-6-8-10-12-14-16-18-20-22-24-25-26-27-28-29-30-31-32-33-34-35-36-37-38-39-40-41-42-43-44-45-47-49-51-53-55-57-59-61-63-70(75)81-68(67-80-72(71(76)77)78-65-64-73(3,4)5)66-79-69(74)62-60-58-56-54-52-50-48-46-23-21-19-17-15-13-11-9-7-2/h8-11,14-17,20-23,25-26,28-29,31-32,34-35,37-38,40-41,43-44,47-50,53-56,68,72H,6-7,12-13,18-19,24,27,30,33,36,39,42,45-46,51-52,57-67H2,1-5H3/b10-8-,11-9-,16-14-,17-15-,22-20-,23-21-,26-25-,29-28-,32-31-,35-34-,38-37-,41-40-,44-43-,49-47-,50-48-,55-53-,56-54-. The summed E-state index contributed by atoms with van der Waals surface area (Å²) in [6.07, 6.45) is 91.9. The number of aliphatic carboxylic acids is 1. The summed E-state index contributed by atoms with van der Waals surface area (Å²) in [4.78, 5) is 37.2. The molecule has 2 unspecified atom stereocenters. The number of likely N-dealkylation sites (N-methyl/N-ethyl adjacent to an activating group) is 1. The number of hydrogen-bond acceptors (Lipinski definition) is 8. The minimum absolute atomic E-state index is 0.117. The highest BCUT2D eigenvalue weighted by Crippen LogP contribution is 2.10. The molecule has 448 valence electrons. The summed E-state index contributed by atoms with van der Waals surface area (Å²) in [6, 6.07) is 0. The van der Waals surface area contributed by atoms with Crippen LogP contribution in [0.1, 0.15) is 168 Å². The summed E-state index contributed by atoms with van der Waals surface area (Å²) < 4.78 is 22.5. The van der Waals surface area contributed by atoms with Gasteiger partial charge in [0.1, 0.15) is 13.2 Å². The number of unbranched alkanes of at least 4 members (excludes halogenated alkanes) is 3. The molecule has 0 bridgehead atoms. The minimum Gasteiger partial charge on any atom is -0.545 e. The first-order valence-electron chi connectivity index (χ1n) is 30.2. The number of carbonyl (C=O) groups is 3. The molecule has 0 aromatic heterocycles. The van der Waals surface area contributed by atoms with Crippen LogP contribution in [0, 0.1) is 0 Å². The van der Waals surface area contributed by atoms with Crippen LogP contribution in [0.4, 0.5) is 0 Å². The van der Waals surface area contributed by atoms with Crippen molar-refractivity contribution in [3.8, 4) is 0 Å². The Morgan fingerprint density at radius 1 is 0.370 bits per heavy atom. The highest BCUT2D eigenvalue weighted by molar-refractivity contribution is 5.70. The lowest BCUT2D eigenvalue weighted by Gasteiger charge is -2.26. The van der Waals surface area contributed by atoms with Crippen LogP contribution in [0.2, 0.25) is 0 Å². The molecule has 0 aromatic carbocycles. The van der Waals surface area contributed by atoms with Gasteiger partial charge in [-0.1, -0.05) is 220 Å². The summed E-state index contributed by atoms with van der Waals surface area (Å²) in [5, 5.41) is 11.8. The number of hydrogen-bond donors (Lipinski definition) is 0. The van der Waals surface area contributed by atoms with Gasteiger partial charge in [-0.15, -0.1) is 0 Å². The summed E-state index contributed by atoms with van der Waals surface area (Å²) in [7, 11) is 5.87. The van der Waals surface area contributed by atoms with E-state index in [4.69, 9.17) is 18.9 Å². The molecule has 0 aliphatic carbocycles. The van der Waals surface area contributed by atoms with Crippen molar-refractivity contribution < 1.29 is 42.9 Å². The van der Waals surface area contributed by atoms with Crippen LogP contribution in [0.5, 0.6) is 0 Å². The van der Waals surface area contributed by atoms with Crippen molar-refractivity contribution in [1.82, 2.24) is 0 Å². The average Bonchev–Trinajstić information content (AvgIpc) is 3.44. The molecule has 2 atom stereocenters. The first-order chi connectivity index (χ1) is 39.6. The molecule has 0 N–H and O–H groups in total. The van der Waals surface area contributed by atoms with E-state index < -0.39 is 30.3 Å². The van der Waals surface area contributed by atoms with Crippen molar-refractivity contribution in [3.63, 3.8) is 0 Å². The number of esters is 2. The Kier molecular flexibility index (Phi) is 55.4. The average molecular weight is 1110 g/mol. The van der Waals surface area contributed by atoms with E-state index in [1.54, 1.807) is 0 Å². The van der Waals surface area contributed by atoms with Crippen molar-refractivity contribution in [1.29, 1.82) is 0 Å². The van der Waals surface area contributed by atoms with Crippen molar-refractivity contribution in [3.05, 3.63) is 207 Å². The predicted octanol–water partition coefficient (Wildman–Crippen LogP) is 17.1. The lowest BCUT2D eigenvalue weighted by Crippen LogP contribution is -2.44. The van der Waals surface area contributed by atoms with Gasteiger partial charge in [0.15, 0.2) is 12.4 Å². The molecule has 0 aliphatic heterocycles. The molecule has 0 aromatic rings. The highest BCUT2D eigenvalue weighted by Gasteiger charge is 2.21. The number of carboxylic acids is 1. The van der Waals surface area contributed by atoms with Crippen LogP contribution in [0.25, 0.3) is 0 Å². The topological polar surface area (TPSA) is 111 Å². The van der Waals surface area contributed by atoms with Crippen molar-refractivity contribution in [2.24, 2.45) is 0 Å². The van der Waals surface area contributed by atoms with E-state index in [-0.39, 0.29) is 32.7 Å². The quantitative estimate of drug-likeness (QED) is 0.0195. The lowest BCUT2D eigenvalue weighted by molar-refractivity contribution is -0.870. The van der Waals surface area contributed by atoms with E-state index in [0.29, 0.717) is 23.9 Å². The number of rotatable bonds is 52. The maximum absolute atomic E-state index is 12.8. The van der Waals surface area contributed by atoms with Gasteiger partial charge in [0.2, 0.25) is 0 Å². The molecule has 0 saturated heterocycles. The molecule has 0 heterocycles. The van der Waals surface area contributed by atoms with Crippen LogP contribution in [0.3, 0.4) is 0 Å². The summed E-state index contributed by atoms with van der Waals surface area (Å²) in [5.41, 5.74) is 0. The van der Waals surface area contributed by atoms with Gasteiger partial charge in [-0.3, -0.25) is 9.59 Å². The van der Waals surface area contributed by atoms with E-state index in [1.165, 1.54) is 0 Å². The van der Waals surface area contributed by atoms with Gasteiger partial charge < -0.3 is 33.3 Å². The molecule has 81 heavy (non-hydrogen) atoms. The molecule has 9 heteroatoms. The van der Waals surface area contributed by atoms with Crippen molar-refractivity contribution in [2.45, 2.75) is 180 Å². The molecule has 0 saturated carbocycles. The van der Waals surface area contributed by atoms with E-state index in [0.717, 1.165) is 128 Å². The number of ether oxygens (including phenoxy) is 4. The van der Waals surface area contributed by atoms with Gasteiger partial charge in [0.25, 0.3) is 0 Å². The lowest BCUT2D eigenvalue weighted by atomic mass is 10.2. The third-order valence-electron chi connectivity index (χ3n) is 11.5. The van der Waals surface area contributed by atoms with E-state index in [9.17, 15) is 19.5 Å². The molecule has 9 nitrogen and oxygen atoms in total. The van der Waals surface area contributed by atoms with Gasteiger partial charge in [-0.2, -0.15) is 0 Å². The molecule has 0 rings (SSSR count). The second-order valence-corrected chi connectivity index (χ2v) is 20.2. The maximum atomic E-state index is 12.8. The monoisotopic (exact) mass is 1110 g/mol. The first-order valence-corrected chi connectivity index (χ1v) is 30.2. The van der Waals surface area contributed by atoms with E-state index in [1.807, 2.05) is 27.2 Å². The first kappa shape index (κ1) is 74.9. The third kappa shape index (κ3) is 61.3. The summed E-state index contributed by atoms with van der Waals surface area (Å²) >= 11 is 0. The Hall–Kier alpha value is -6.13. The van der Waals surface area contributed by atoms with Gasteiger partial charge in [-0.05, 0) is 141 Å². The SMILES string of the molecule is CC/C=C\C/C=C\C/C=C\C/C=C\C/C=C\C/C=C\C/C=C\C/C=C\C/C=C\C/C=C\C/C=C\C/C=C\CCCCC(=O)OC(COC(=O)CCC/C=C\C/C=C\C/C=C\C/C=C\C/C=C\CC)COC(OCC[N+](C)(C)C)C(=O)[O-]. The Morgan fingerprint density at radius 2 is 0.667 bits per heavy atom. The fourth-order valence-corrected chi connectivity index (χ4v) is 6.96. The molecule has 0 amide bonds. The molecular formula is C72H107NO8. The van der Waals surface area contributed by atoms with Crippen LogP contribution < -0.4 is 5.11 Å². The Labute approximate surface area is 493 Å². The fraction of sp³-hybridized carbons (Fsp3) is 0.486.